The summed E-state index contributed by atoms with van der Waals surface area (Å²) in [6, 6.07) is 2.33. The second-order valence-corrected chi connectivity index (χ2v) is 6.04. The minimum absolute atomic E-state index is 0.765. The van der Waals surface area contributed by atoms with Gasteiger partial charge in [-0.05, 0) is 37.3 Å². The zero-order valence-electron chi connectivity index (χ0n) is 11.5. The summed E-state index contributed by atoms with van der Waals surface area (Å²) in [5.41, 5.74) is 4.41. The topological polar surface area (TPSA) is 54.5 Å². The van der Waals surface area contributed by atoms with Crippen molar-refractivity contribution in [1.29, 1.82) is 5.26 Å². The van der Waals surface area contributed by atoms with Crippen LogP contribution in [0.5, 0.6) is 0 Å². The predicted octanol–water partition coefficient (Wildman–Crippen LogP) is 2.74. The van der Waals surface area contributed by atoms with Gasteiger partial charge in [-0.25, -0.2) is 9.97 Å². The molecule has 0 aliphatic heterocycles. The van der Waals surface area contributed by atoms with E-state index < -0.39 is 0 Å². The third-order valence-corrected chi connectivity index (χ3v) is 4.68. The van der Waals surface area contributed by atoms with E-state index in [1.165, 1.54) is 11.3 Å². The lowest BCUT2D eigenvalue weighted by atomic mass is 10.0. The molecule has 1 aliphatic carbocycles. The number of hydrogen-bond donors (Lipinski definition) is 0. The number of hydrogen-bond acceptors (Lipinski definition) is 4. The van der Waals surface area contributed by atoms with E-state index in [1.54, 1.807) is 18.0 Å². The van der Waals surface area contributed by atoms with Gasteiger partial charge in [0.15, 0.2) is 0 Å². The molecule has 5 heteroatoms. The molecule has 0 amide bonds. The molecular weight excluding hydrogens is 268 g/mol. The molecule has 3 rings (SSSR count). The lowest BCUT2D eigenvalue weighted by molar-refractivity contribution is 0.769. The maximum Gasteiger partial charge on any atom is 0.114 e. The number of aryl methyl sites for hydroxylation is 2. The van der Waals surface area contributed by atoms with Crippen molar-refractivity contribution in [2.45, 2.75) is 37.8 Å². The van der Waals surface area contributed by atoms with E-state index in [1.807, 2.05) is 17.1 Å². The van der Waals surface area contributed by atoms with E-state index in [0.29, 0.717) is 0 Å². The number of pyridine rings is 1. The molecule has 20 heavy (non-hydrogen) atoms. The number of rotatable bonds is 4. The number of thioether (sulfide) groups is 1. The summed E-state index contributed by atoms with van der Waals surface area (Å²) in [5, 5.41) is 10.3. The van der Waals surface area contributed by atoms with Crippen molar-refractivity contribution in [3.63, 3.8) is 0 Å². The van der Waals surface area contributed by atoms with Crippen LogP contribution >= 0.6 is 11.8 Å². The number of nitriles is 1. The average Bonchev–Trinajstić information content (AvgIpc) is 3.10. The molecular formula is C15H16N4S. The average molecular weight is 284 g/mol. The van der Waals surface area contributed by atoms with Crippen LogP contribution in [0.3, 0.4) is 0 Å². The molecule has 0 spiro atoms. The second kappa shape index (κ2) is 5.68. The van der Waals surface area contributed by atoms with E-state index in [2.05, 4.69) is 18.0 Å². The Bertz CT molecular complexity index is 655. The van der Waals surface area contributed by atoms with Crippen LogP contribution in [0.1, 0.15) is 28.8 Å². The maximum atomic E-state index is 9.40. The first-order valence-corrected chi connectivity index (χ1v) is 7.79. The molecule has 0 unspecified atom stereocenters. The fourth-order valence-corrected chi connectivity index (χ4v) is 3.66. The van der Waals surface area contributed by atoms with Crippen molar-refractivity contribution in [2.24, 2.45) is 0 Å². The van der Waals surface area contributed by atoms with Gasteiger partial charge in [-0.3, -0.25) is 0 Å². The molecule has 2 heterocycles. The van der Waals surface area contributed by atoms with Crippen LogP contribution in [-0.4, -0.2) is 20.3 Å². The fraction of sp³-hybridized carbons (Fsp3) is 0.400. The Morgan fingerprint density at radius 2 is 2.35 bits per heavy atom. The predicted molar refractivity (Wildman–Crippen MR) is 78.7 cm³/mol. The molecule has 0 saturated heterocycles. The molecule has 2 aromatic heterocycles. The first kappa shape index (κ1) is 13.2. The van der Waals surface area contributed by atoms with Crippen LogP contribution in [0.15, 0.2) is 23.7 Å². The van der Waals surface area contributed by atoms with Crippen molar-refractivity contribution < 1.29 is 0 Å². The van der Waals surface area contributed by atoms with Gasteiger partial charge in [-0.15, -0.1) is 11.8 Å². The van der Waals surface area contributed by atoms with Crippen molar-refractivity contribution in [3.05, 3.63) is 41.1 Å². The van der Waals surface area contributed by atoms with E-state index >= 15 is 0 Å². The van der Waals surface area contributed by atoms with Crippen molar-refractivity contribution in [3.8, 4) is 6.07 Å². The highest BCUT2D eigenvalue weighted by Gasteiger charge is 2.20. The molecule has 0 radical (unpaired) electrons. The zero-order valence-corrected chi connectivity index (χ0v) is 12.3. The summed E-state index contributed by atoms with van der Waals surface area (Å²) in [6.07, 6.45) is 8.83. The third-order valence-electron chi connectivity index (χ3n) is 3.73. The Labute approximate surface area is 122 Å². The summed E-state index contributed by atoms with van der Waals surface area (Å²) in [4.78, 5) is 8.75. The van der Waals surface area contributed by atoms with Crippen LogP contribution < -0.4 is 0 Å². The highest BCUT2D eigenvalue weighted by atomic mass is 32.2. The van der Waals surface area contributed by atoms with Gasteiger partial charge in [0, 0.05) is 30.4 Å². The first-order chi connectivity index (χ1) is 9.79. The summed E-state index contributed by atoms with van der Waals surface area (Å²) in [7, 11) is 0. The number of nitrogens with zero attached hydrogens (tertiary/aromatic N) is 4. The Balaban J connectivity index is 1.79. The molecule has 102 valence electrons. The molecule has 4 nitrogen and oxygen atoms in total. The number of aromatic nitrogens is 3. The Hall–Kier alpha value is -1.80. The molecule has 2 aromatic rings. The molecule has 0 atom stereocenters. The smallest absolute Gasteiger partial charge is 0.114 e. The molecule has 0 N–H and O–H groups in total. The Kier molecular flexibility index (Phi) is 3.75. The van der Waals surface area contributed by atoms with E-state index in [0.717, 1.165) is 47.7 Å². The van der Waals surface area contributed by atoms with Gasteiger partial charge < -0.3 is 4.57 Å². The highest BCUT2D eigenvalue weighted by molar-refractivity contribution is 7.99. The molecule has 0 aromatic carbocycles. The van der Waals surface area contributed by atoms with Crippen LogP contribution in [-0.2, 0) is 19.4 Å². The van der Waals surface area contributed by atoms with Gasteiger partial charge in [0.2, 0.25) is 0 Å². The van der Waals surface area contributed by atoms with Gasteiger partial charge in [0.25, 0.3) is 0 Å². The highest BCUT2D eigenvalue weighted by Crippen LogP contribution is 2.31. The molecule has 1 aliphatic rings. The zero-order chi connectivity index (χ0) is 13.9. The van der Waals surface area contributed by atoms with Crippen molar-refractivity contribution in [2.75, 3.05) is 5.75 Å². The van der Waals surface area contributed by atoms with E-state index in [-0.39, 0.29) is 0 Å². The summed E-state index contributed by atoms with van der Waals surface area (Å²) in [6.45, 7) is 2.94. The van der Waals surface area contributed by atoms with Crippen molar-refractivity contribution >= 4 is 11.8 Å². The minimum Gasteiger partial charge on any atom is -0.337 e. The lowest BCUT2D eigenvalue weighted by Gasteiger charge is -2.11. The first-order valence-electron chi connectivity index (χ1n) is 6.80. The minimum atomic E-state index is 0.765. The van der Waals surface area contributed by atoms with Crippen LogP contribution in [0.2, 0.25) is 0 Å². The van der Waals surface area contributed by atoms with Gasteiger partial charge in [0.05, 0.1) is 11.9 Å². The second-order valence-electron chi connectivity index (χ2n) is 4.96. The molecule has 0 saturated carbocycles. The van der Waals surface area contributed by atoms with Gasteiger partial charge in [0.1, 0.15) is 11.1 Å². The van der Waals surface area contributed by atoms with E-state index in [4.69, 9.17) is 4.98 Å². The lowest BCUT2D eigenvalue weighted by Crippen LogP contribution is -2.02. The van der Waals surface area contributed by atoms with Crippen LogP contribution in [0.25, 0.3) is 0 Å². The Morgan fingerprint density at radius 1 is 1.45 bits per heavy atom. The standard InChI is InChI=1S/C15H16N4S/c1-11-12-3-2-4-14(12)18-15(13(11)9-16)20-8-7-19-6-5-17-10-19/h5-6,10H,2-4,7-8H2,1H3. The normalized spacial score (nSPS) is 13.2. The van der Waals surface area contributed by atoms with Gasteiger partial charge in [-0.1, -0.05) is 0 Å². The van der Waals surface area contributed by atoms with Crippen molar-refractivity contribution in [1.82, 2.24) is 14.5 Å². The van der Waals surface area contributed by atoms with Crippen LogP contribution in [0.4, 0.5) is 0 Å². The van der Waals surface area contributed by atoms with E-state index in [9.17, 15) is 5.26 Å². The molecule has 0 bridgehead atoms. The number of imidazole rings is 1. The third kappa shape index (κ3) is 2.44. The summed E-state index contributed by atoms with van der Waals surface area (Å²) >= 11 is 1.67. The van der Waals surface area contributed by atoms with Gasteiger partial charge >= 0.3 is 0 Å². The Morgan fingerprint density at radius 3 is 3.10 bits per heavy atom. The SMILES string of the molecule is Cc1c(C#N)c(SCCn2ccnc2)nc2c1CCC2. The number of fused-ring (bicyclic) bond motifs is 1. The monoisotopic (exact) mass is 284 g/mol. The maximum absolute atomic E-state index is 9.40. The van der Waals surface area contributed by atoms with Crippen LogP contribution in [0, 0.1) is 18.3 Å². The summed E-state index contributed by atoms with van der Waals surface area (Å²) < 4.78 is 2.04. The quantitative estimate of drug-likeness (QED) is 0.810. The fourth-order valence-electron chi connectivity index (χ4n) is 2.65. The van der Waals surface area contributed by atoms with Gasteiger partial charge in [-0.2, -0.15) is 5.26 Å². The summed E-state index contributed by atoms with van der Waals surface area (Å²) in [5.74, 6) is 0.899. The molecule has 0 fully saturated rings. The largest absolute Gasteiger partial charge is 0.337 e.